The molecule has 1 aliphatic heterocycles. The van der Waals surface area contributed by atoms with Crippen molar-refractivity contribution in [2.75, 3.05) is 11.4 Å². The quantitative estimate of drug-likeness (QED) is 0.855. The van der Waals surface area contributed by atoms with Crippen molar-refractivity contribution in [2.24, 2.45) is 22.1 Å². The fourth-order valence-electron chi connectivity index (χ4n) is 4.17. The number of halogens is 1. The number of nitrogens with two attached hydrogens (primary N) is 1. The van der Waals surface area contributed by atoms with Crippen LogP contribution in [-0.4, -0.2) is 18.0 Å². The van der Waals surface area contributed by atoms with Gasteiger partial charge in [-0.3, -0.25) is 4.99 Å². The van der Waals surface area contributed by atoms with Crippen LogP contribution in [0.3, 0.4) is 0 Å². The van der Waals surface area contributed by atoms with Crippen LogP contribution < -0.4 is 10.6 Å². The Morgan fingerprint density at radius 2 is 1.95 bits per heavy atom. The first-order valence-corrected chi connectivity index (χ1v) is 7.20. The molecule has 0 amide bonds. The van der Waals surface area contributed by atoms with E-state index in [0.29, 0.717) is 11.9 Å². The molecule has 1 saturated carbocycles. The molecule has 1 spiro atoms. The van der Waals surface area contributed by atoms with E-state index in [-0.39, 0.29) is 16.8 Å². The van der Waals surface area contributed by atoms with E-state index in [2.05, 4.69) is 30.7 Å². The molecule has 108 valence electrons. The Bertz CT molecular complexity index is 549. The first kappa shape index (κ1) is 13.4. The molecule has 2 unspecified atom stereocenters. The van der Waals surface area contributed by atoms with Crippen molar-refractivity contribution in [3.63, 3.8) is 0 Å². The van der Waals surface area contributed by atoms with Crippen molar-refractivity contribution >= 4 is 11.6 Å². The molecule has 0 aromatic heterocycles. The van der Waals surface area contributed by atoms with Crippen LogP contribution in [-0.2, 0) is 0 Å². The van der Waals surface area contributed by atoms with Gasteiger partial charge in [0.25, 0.3) is 0 Å². The first-order chi connectivity index (χ1) is 9.34. The third kappa shape index (κ3) is 1.89. The summed E-state index contributed by atoms with van der Waals surface area (Å²) < 4.78 is 13.2. The van der Waals surface area contributed by atoms with Gasteiger partial charge in [-0.05, 0) is 48.4 Å². The number of anilines is 1. The highest BCUT2D eigenvalue weighted by Gasteiger charge is 2.55. The van der Waals surface area contributed by atoms with Crippen molar-refractivity contribution in [3.05, 3.63) is 30.1 Å². The summed E-state index contributed by atoms with van der Waals surface area (Å²) in [5, 5.41) is 0. The zero-order valence-corrected chi connectivity index (χ0v) is 12.4. The van der Waals surface area contributed by atoms with E-state index < -0.39 is 0 Å². The Kier molecular flexibility index (Phi) is 2.82. The molecule has 3 nitrogen and oxygen atoms in total. The highest BCUT2D eigenvalue weighted by molar-refractivity contribution is 5.98. The minimum absolute atomic E-state index is 0.0502. The van der Waals surface area contributed by atoms with Gasteiger partial charge in [0.2, 0.25) is 0 Å². The normalized spacial score (nSPS) is 31.9. The average Bonchev–Trinajstić information content (AvgIpc) is 2.79. The van der Waals surface area contributed by atoms with Crippen molar-refractivity contribution in [1.82, 2.24) is 0 Å². The third-order valence-electron chi connectivity index (χ3n) is 4.83. The van der Waals surface area contributed by atoms with Crippen LogP contribution in [0.25, 0.3) is 0 Å². The lowest BCUT2D eigenvalue weighted by molar-refractivity contribution is 0.341. The van der Waals surface area contributed by atoms with E-state index >= 15 is 0 Å². The minimum Gasteiger partial charge on any atom is -0.369 e. The van der Waals surface area contributed by atoms with Crippen LogP contribution in [0.15, 0.2) is 29.3 Å². The lowest BCUT2D eigenvalue weighted by atomic mass is 9.85. The standard InChI is InChI=1S/C16H22FN3/c1-11-8-15(2,3)9-16(11)10-19-14(18)20(16)13-6-4-12(17)5-7-13/h4-7,11H,8-10H2,1-3H3,(H2,18,19). The molecule has 1 aromatic carbocycles. The minimum atomic E-state index is -0.225. The van der Waals surface area contributed by atoms with Gasteiger partial charge in [-0.1, -0.05) is 20.8 Å². The maximum absolute atomic E-state index is 13.2. The Morgan fingerprint density at radius 3 is 2.50 bits per heavy atom. The van der Waals surface area contributed by atoms with Gasteiger partial charge in [0.05, 0.1) is 12.1 Å². The summed E-state index contributed by atoms with van der Waals surface area (Å²) in [5.41, 5.74) is 7.32. The Morgan fingerprint density at radius 1 is 1.30 bits per heavy atom. The summed E-state index contributed by atoms with van der Waals surface area (Å²) in [6.45, 7) is 7.62. The highest BCUT2D eigenvalue weighted by Crippen LogP contribution is 2.52. The third-order valence-corrected chi connectivity index (χ3v) is 4.83. The molecule has 2 aliphatic rings. The highest BCUT2D eigenvalue weighted by atomic mass is 19.1. The van der Waals surface area contributed by atoms with Crippen LogP contribution in [0.1, 0.15) is 33.6 Å². The molecule has 1 aromatic rings. The summed E-state index contributed by atoms with van der Waals surface area (Å²) in [7, 11) is 0. The SMILES string of the molecule is CC1CC(C)(C)CC12CN=C(N)N2c1ccc(F)cc1. The van der Waals surface area contributed by atoms with Crippen LogP contribution in [0.4, 0.5) is 10.1 Å². The largest absolute Gasteiger partial charge is 0.369 e. The maximum Gasteiger partial charge on any atom is 0.196 e. The predicted octanol–water partition coefficient (Wildman–Crippen LogP) is 3.16. The molecule has 0 radical (unpaired) electrons. The monoisotopic (exact) mass is 275 g/mol. The number of hydrogen-bond acceptors (Lipinski definition) is 3. The van der Waals surface area contributed by atoms with Gasteiger partial charge in [0.15, 0.2) is 5.96 Å². The van der Waals surface area contributed by atoms with Crippen LogP contribution in [0.5, 0.6) is 0 Å². The van der Waals surface area contributed by atoms with E-state index in [0.717, 1.165) is 25.1 Å². The van der Waals surface area contributed by atoms with Crippen molar-refractivity contribution in [2.45, 2.75) is 39.2 Å². The molecule has 2 atom stereocenters. The second-order valence-electron chi connectivity index (χ2n) is 7.04. The number of benzene rings is 1. The smallest absolute Gasteiger partial charge is 0.196 e. The average molecular weight is 275 g/mol. The Labute approximate surface area is 119 Å². The van der Waals surface area contributed by atoms with E-state index in [1.165, 1.54) is 12.1 Å². The molecular formula is C16H22FN3. The summed E-state index contributed by atoms with van der Waals surface area (Å²) >= 11 is 0. The van der Waals surface area contributed by atoms with Crippen molar-refractivity contribution in [3.8, 4) is 0 Å². The van der Waals surface area contributed by atoms with E-state index in [1.807, 2.05) is 0 Å². The van der Waals surface area contributed by atoms with Crippen LogP contribution in [0.2, 0.25) is 0 Å². The van der Waals surface area contributed by atoms with E-state index in [4.69, 9.17) is 5.73 Å². The summed E-state index contributed by atoms with van der Waals surface area (Å²) in [4.78, 5) is 6.63. The van der Waals surface area contributed by atoms with E-state index in [9.17, 15) is 4.39 Å². The number of guanidine groups is 1. The fraction of sp³-hybridized carbons (Fsp3) is 0.562. The van der Waals surface area contributed by atoms with Gasteiger partial charge < -0.3 is 10.6 Å². The molecule has 4 heteroatoms. The molecule has 20 heavy (non-hydrogen) atoms. The number of nitrogens with zero attached hydrogens (tertiary/aromatic N) is 2. The topological polar surface area (TPSA) is 41.6 Å². The molecule has 1 aliphatic carbocycles. The second-order valence-corrected chi connectivity index (χ2v) is 7.04. The van der Waals surface area contributed by atoms with Crippen molar-refractivity contribution < 1.29 is 4.39 Å². The fourth-order valence-corrected chi connectivity index (χ4v) is 4.17. The Balaban J connectivity index is 2.03. The first-order valence-electron chi connectivity index (χ1n) is 7.20. The number of rotatable bonds is 1. The predicted molar refractivity (Wildman–Crippen MR) is 80.3 cm³/mol. The molecule has 2 N–H and O–H groups in total. The summed E-state index contributed by atoms with van der Waals surface area (Å²) in [6, 6.07) is 6.56. The van der Waals surface area contributed by atoms with Gasteiger partial charge in [-0.25, -0.2) is 4.39 Å². The molecule has 3 rings (SSSR count). The van der Waals surface area contributed by atoms with E-state index in [1.54, 1.807) is 12.1 Å². The lowest BCUT2D eigenvalue weighted by Crippen LogP contribution is -2.54. The molecular weight excluding hydrogens is 253 g/mol. The summed E-state index contributed by atoms with van der Waals surface area (Å²) in [6.07, 6.45) is 2.22. The van der Waals surface area contributed by atoms with Crippen LogP contribution >= 0.6 is 0 Å². The second kappa shape index (κ2) is 4.21. The lowest BCUT2D eigenvalue weighted by Gasteiger charge is -2.40. The zero-order chi connectivity index (χ0) is 14.5. The Hall–Kier alpha value is -1.58. The van der Waals surface area contributed by atoms with Gasteiger partial charge in [0.1, 0.15) is 5.82 Å². The number of hydrogen-bond donors (Lipinski definition) is 1. The van der Waals surface area contributed by atoms with Crippen molar-refractivity contribution in [1.29, 1.82) is 0 Å². The van der Waals surface area contributed by atoms with Gasteiger partial charge >= 0.3 is 0 Å². The van der Waals surface area contributed by atoms with Gasteiger partial charge in [0, 0.05) is 5.69 Å². The number of aliphatic imine (C=N–C) groups is 1. The zero-order valence-electron chi connectivity index (χ0n) is 12.4. The molecule has 1 fully saturated rings. The van der Waals surface area contributed by atoms with Gasteiger partial charge in [-0.15, -0.1) is 0 Å². The summed E-state index contributed by atoms with van der Waals surface area (Å²) in [5.74, 6) is 0.839. The molecule has 1 heterocycles. The molecule has 0 bridgehead atoms. The van der Waals surface area contributed by atoms with Gasteiger partial charge in [-0.2, -0.15) is 0 Å². The van der Waals surface area contributed by atoms with Crippen LogP contribution in [0, 0.1) is 17.2 Å². The molecule has 0 saturated heterocycles. The maximum atomic E-state index is 13.2.